The average Bonchev–Trinajstić information content (AvgIpc) is 2.79. The number of alkyl carbamates (subject to hydrolysis) is 1. The first-order valence-corrected chi connectivity index (χ1v) is 10.5. The highest BCUT2D eigenvalue weighted by Crippen LogP contribution is 2.37. The van der Waals surface area contributed by atoms with E-state index in [1.165, 1.54) is 11.1 Å². The van der Waals surface area contributed by atoms with Crippen LogP contribution in [0.15, 0.2) is 48.5 Å². The molecule has 1 aromatic heterocycles. The third kappa shape index (κ3) is 4.17. The van der Waals surface area contributed by atoms with E-state index in [1.54, 1.807) is 14.2 Å². The van der Waals surface area contributed by atoms with Gasteiger partial charge in [0.15, 0.2) is 0 Å². The van der Waals surface area contributed by atoms with Crippen LogP contribution in [0.2, 0.25) is 0 Å². The van der Waals surface area contributed by atoms with Crippen molar-refractivity contribution in [1.29, 1.82) is 0 Å². The van der Waals surface area contributed by atoms with E-state index < -0.39 is 6.09 Å². The zero-order valence-corrected chi connectivity index (χ0v) is 19.0. The number of hydrogen-bond acceptors (Lipinski definition) is 5. The Morgan fingerprint density at radius 3 is 2.34 bits per heavy atom. The number of aromatic nitrogens is 1. The number of anilines is 2. The zero-order chi connectivity index (χ0) is 22.8. The van der Waals surface area contributed by atoms with E-state index in [-0.39, 0.29) is 6.61 Å². The molecule has 4 aromatic rings. The molecule has 0 aliphatic heterocycles. The maximum absolute atomic E-state index is 11.4. The molecule has 1 heterocycles. The number of rotatable bonds is 5. The smallest absolute Gasteiger partial charge is 0.407 e. The van der Waals surface area contributed by atoms with E-state index in [4.69, 9.17) is 14.5 Å². The summed E-state index contributed by atoms with van der Waals surface area (Å²) in [5, 5.41) is 8.14. The third-order valence-corrected chi connectivity index (χ3v) is 5.68. The molecule has 0 aliphatic rings. The van der Waals surface area contributed by atoms with Gasteiger partial charge in [0.05, 0.1) is 23.8 Å². The molecule has 0 unspecified atom stereocenters. The Hall–Kier alpha value is -3.80. The minimum absolute atomic E-state index is 0.196. The summed E-state index contributed by atoms with van der Waals surface area (Å²) in [6.07, 6.45) is -0.454. The number of carbonyl (C=O) groups excluding carboxylic acids is 1. The Morgan fingerprint density at radius 1 is 0.938 bits per heavy atom. The van der Waals surface area contributed by atoms with E-state index in [2.05, 4.69) is 42.7 Å². The summed E-state index contributed by atoms with van der Waals surface area (Å²) < 4.78 is 10.7. The molecule has 0 saturated carbocycles. The van der Waals surface area contributed by atoms with Crippen molar-refractivity contribution in [1.82, 2.24) is 10.3 Å². The van der Waals surface area contributed by atoms with Gasteiger partial charge in [-0.3, -0.25) is 0 Å². The first-order chi connectivity index (χ1) is 15.4. The van der Waals surface area contributed by atoms with Crippen LogP contribution in [0.1, 0.15) is 22.3 Å². The Morgan fingerprint density at radius 2 is 1.62 bits per heavy atom. The standard InChI is InChI=1S/C26H27N3O3/c1-15-9-20-22(11-16(15)2)29-23-13-24(31-5)17(3)10-21(23)25(20)28-19-8-6-7-18(12-19)14-32-26(30)27-4/h6-13H,14H2,1-5H3,(H,27,30)(H,28,29). The first-order valence-electron chi connectivity index (χ1n) is 10.5. The SMILES string of the molecule is CNC(=O)OCc1cccc(Nc2c3cc(C)c(C)cc3nc3cc(OC)c(C)cc23)c1. The fourth-order valence-electron chi connectivity index (χ4n) is 3.80. The lowest BCUT2D eigenvalue weighted by Crippen LogP contribution is -2.18. The van der Waals surface area contributed by atoms with Crippen molar-refractivity contribution in [3.8, 4) is 5.75 Å². The van der Waals surface area contributed by atoms with Gasteiger partial charge in [-0.1, -0.05) is 12.1 Å². The number of benzene rings is 3. The maximum Gasteiger partial charge on any atom is 0.407 e. The van der Waals surface area contributed by atoms with Gasteiger partial charge in [0, 0.05) is 29.6 Å². The largest absolute Gasteiger partial charge is 0.496 e. The summed E-state index contributed by atoms with van der Waals surface area (Å²) >= 11 is 0. The molecule has 0 bridgehead atoms. The van der Waals surface area contributed by atoms with Gasteiger partial charge in [-0.15, -0.1) is 0 Å². The van der Waals surface area contributed by atoms with Crippen molar-refractivity contribution in [2.75, 3.05) is 19.5 Å². The van der Waals surface area contributed by atoms with Crippen LogP contribution in [0.5, 0.6) is 5.75 Å². The fraction of sp³-hybridized carbons (Fsp3) is 0.231. The number of amides is 1. The first kappa shape index (κ1) is 21.4. The zero-order valence-electron chi connectivity index (χ0n) is 19.0. The molecule has 6 heteroatoms. The molecule has 1 amide bonds. The number of hydrogen-bond donors (Lipinski definition) is 2. The Bertz CT molecular complexity index is 1330. The lowest BCUT2D eigenvalue weighted by molar-refractivity contribution is 0.142. The average molecular weight is 430 g/mol. The summed E-state index contributed by atoms with van der Waals surface area (Å²) in [7, 11) is 3.22. The number of carbonyl (C=O) groups is 1. The number of ether oxygens (including phenoxy) is 2. The Labute approximate surface area is 187 Å². The normalized spacial score (nSPS) is 10.9. The predicted octanol–water partition coefficient (Wildman–Crippen LogP) is 5.92. The molecular formula is C26H27N3O3. The number of aryl methyl sites for hydroxylation is 3. The van der Waals surface area contributed by atoms with Crippen LogP contribution in [-0.4, -0.2) is 25.2 Å². The third-order valence-electron chi connectivity index (χ3n) is 5.68. The van der Waals surface area contributed by atoms with Crippen LogP contribution in [0.3, 0.4) is 0 Å². The molecule has 0 aliphatic carbocycles. The molecule has 0 radical (unpaired) electrons. The molecule has 3 aromatic carbocycles. The van der Waals surface area contributed by atoms with Gasteiger partial charge < -0.3 is 20.1 Å². The summed E-state index contributed by atoms with van der Waals surface area (Å²) in [4.78, 5) is 16.4. The number of nitrogens with zero attached hydrogens (tertiary/aromatic N) is 1. The second-order valence-corrected chi connectivity index (χ2v) is 7.93. The fourth-order valence-corrected chi connectivity index (χ4v) is 3.80. The van der Waals surface area contributed by atoms with E-state index in [1.807, 2.05) is 37.3 Å². The van der Waals surface area contributed by atoms with Crippen LogP contribution >= 0.6 is 0 Å². The van der Waals surface area contributed by atoms with Crippen LogP contribution < -0.4 is 15.4 Å². The molecule has 0 atom stereocenters. The minimum atomic E-state index is -0.454. The van der Waals surface area contributed by atoms with Crippen LogP contribution in [-0.2, 0) is 11.3 Å². The number of nitrogens with one attached hydrogen (secondary N) is 2. The van der Waals surface area contributed by atoms with Crippen LogP contribution in [0.25, 0.3) is 21.8 Å². The summed E-state index contributed by atoms with van der Waals surface area (Å²) in [5.41, 5.74) is 8.03. The summed E-state index contributed by atoms with van der Waals surface area (Å²) in [6, 6.07) is 16.2. The van der Waals surface area contributed by atoms with Crippen molar-refractivity contribution >= 4 is 39.3 Å². The van der Waals surface area contributed by atoms with Gasteiger partial charge in [-0.25, -0.2) is 9.78 Å². The lowest BCUT2D eigenvalue weighted by atomic mass is 10.0. The van der Waals surface area contributed by atoms with Gasteiger partial charge in [0.25, 0.3) is 0 Å². The second-order valence-electron chi connectivity index (χ2n) is 7.93. The molecule has 0 fully saturated rings. The van der Waals surface area contributed by atoms with Crippen molar-refractivity contribution < 1.29 is 14.3 Å². The minimum Gasteiger partial charge on any atom is -0.496 e. The van der Waals surface area contributed by atoms with E-state index in [9.17, 15) is 4.79 Å². The van der Waals surface area contributed by atoms with Gasteiger partial charge in [0.2, 0.25) is 0 Å². The van der Waals surface area contributed by atoms with Crippen molar-refractivity contribution in [3.63, 3.8) is 0 Å². The number of pyridine rings is 1. The molecule has 2 N–H and O–H groups in total. The Kier molecular flexibility index (Phi) is 5.86. The summed E-state index contributed by atoms with van der Waals surface area (Å²) in [5.74, 6) is 0.812. The predicted molar refractivity (Wildman–Crippen MR) is 129 cm³/mol. The molecule has 4 rings (SSSR count). The van der Waals surface area contributed by atoms with E-state index in [0.29, 0.717) is 0 Å². The maximum atomic E-state index is 11.4. The molecule has 0 saturated heterocycles. The van der Waals surface area contributed by atoms with E-state index in [0.717, 1.165) is 50.1 Å². The highest BCUT2D eigenvalue weighted by molar-refractivity contribution is 6.09. The topological polar surface area (TPSA) is 72.5 Å². The monoisotopic (exact) mass is 429 g/mol. The molecular weight excluding hydrogens is 402 g/mol. The molecule has 32 heavy (non-hydrogen) atoms. The highest BCUT2D eigenvalue weighted by atomic mass is 16.5. The summed E-state index contributed by atoms with van der Waals surface area (Å²) in [6.45, 7) is 6.43. The van der Waals surface area contributed by atoms with Crippen molar-refractivity contribution in [3.05, 3.63) is 70.8 Å². The van der Waals surface area contributed by atoms with Crippen LogP contribution in [0, 0.1) is 20.8 Å². The van der Waals surface area contributed by atoms with Gasteiger partial charge in [-0.2, -0.15) is 0 Å². The molecule has 0 spiro atoms. The Balaban J connectivity index is 1.85. The lowest BCUT2D eigenvalue weighted by Gasteiger charge is -2.17. The second kappa shape index (κ2) is 8.75. The van der Waals surface area contributed by atoms with Crippen molar-refractivity contribution in [2.45, 2.75) is 27.4 Å². The van der Waals surface area contributed by atoms with Gasteiger partial charge >= 0.3 is 6.09 Å². The van der Waals surface area contributed by atoms with Crippen molar-refractivity contribution in [2.24, 2.45) is 0 Å². The molecule has 164 valence electrons. The highest BCUT2D eigenvalue weighted by Gasteiger charge is 2.14. The number of fused-ring (bicyclic) bond motifs is 2. The van der Waals surface area contributed by atoms with Crippen LogP contribution in [0.4, 0.5) is 16.2 Å². The molecule has 6 nitrogen and oxygen atoms in total. The van der Waals surface area contributed by atoms with Gasteiger partial charge in [-0.05, 0) is 73.4 Å². The van der Waals surface area contributed by atoms with E-state index >= 15 is 0 Å². The van der Waals surface area contributed by atoms with Gasteiger partial charge in [0.1, 0.15) is 12.4 Å². The quantitative estimate of drug-likeness (QED) is 0.385. The number of methoxy groups -OCH3 is 1.